The lowest BCUT2D eigenvalue weighted by Crippen LogP contribution is -2.34. The van der Waals surface area contributed by atoms with E-state index in [1.54, 1.807) is 24.3 Å². The van der Waals surface area contributed by atoms with E-state index in [-0.39, 0.29) is 4.90 Å². The molecule has 1 N–H and O–H groups in total. The highest BCUT2D eigenvalue weighted by Crippen LogP contribution is 2.23. The Bertz CT molecular complexity index is 1040. The Balaban J connectivity index is 1.53. The van der Waals surface area contributed by atoms with E-state index in [0.717, 1.165) is 0 Å². The number of carbonyl (C=O) groups is 1. The van der Waals surface area contributed by atoms with E-state index in [1.165, 1.54) is 24.3 Å². The molecule has 0 spiro atoms. The van der Waals surface area contributed by atoms with Gasteiger partial charge in [0.25, 0.3) is 15.9 Å². The number of rotatable bonds is 7. The van der Waals surface area contributed by atoms with Gasteiger partial charge in [-0.3, -0.25) is 4.79 Å². The lowest BCUT2D eigenvalue weighted by molar-refractivity contribution is -0.121. The molecule has 28 heavy (non-hydrogen) atoms. The molecule has 144 valence electrons. The Morgan fingerprint density at radius 1 is 0.821 bits per heavy atom. The van der Waals surface area contributed by atoms with Gasteiger partial charge in [0, 0.05) is 5.02 Å². The molecule has 0 radical (unpaired) electrons. The van der Waals surface area contributed by atoms with Gasteiger partial charge < -0.3 is 9.47 Å². The third-order valence-corrected chi connectivity index (χ3v) is 5.19. The molecule has 3 rings (SSSR count). The quantitative estimate of drug-likeness (QED) is 0.628. The molecule has 3 aromatic carbocycles. The van der Waals surface area contributed by atoms with Crippen LogP contribution in [0.4, 0.5) is 0 Å². The van der Waals surface area contributed by atoms with Crippen molar-refractivity contribution in [3.8, 4) is 17.2 Å². The minimum atomic E-state index is -3.98. The topological polar surface area (TPSA) is 81.7 Å². The molecule has 8 heteroatoms. The number of halogens is 1. The molecule has 0 saturated heterocycles. The number of para-hydroxylation sites is 1. The molecule has 1 amide bonds. The second-order valence-corrected chi connectivity index (χ2v) is 7.78. The second kappa shape index (κ2) is 8.77. The summed E-state index contributed by atoms with van der Waals surface area (Å²) >= 11 is 5.73. The third kappa shape index (κ3) is 5.48. The van der Waals surface area contributed by atoms with Crippen molar-refractivity contribution in [2.75, 3.05) is 6.61 Å². The van der Waals surface area contributed by atoms with Crippen molar-refractivity contribution >= 4 is 27.5 Å². The van der Waals surface area contributed by atoms with Crippen LogP contribution in [0.15, 0.2) is 83.8 Å². The fourth-order valence-corrected chi connectivity index (χ4v) is 3.33. The molecule has 0 aliphatic carbocycles. The van der Waals surface area contributed by atoms with Gasteiger partial charge in [0.1, 0.15) is 17.2 Å². The van der Waals surface area contributed by atoms with E-state index in [9.17, 15) is 13.2 Å². The lowest BCUT2D eigenvalue weighted by Gasteiger charge is -2.09. The maximum Gasteiger partial charge on any atom is 0.271 e. The Kier molecular flexibility index (Phi) is 6.18. The van der Waals surface area contributed by atoms with Gasteiger partial charge in [-0.05, 0) is 60.7 Å². The van der Waals surface area contributed by atoms with Crippen molar-refractivity contribution in [3.05, 3.63) is 83.9 Å². The van der Waals surface area contributed by atoms with Gasteiger partial charge in [0.2, 0.25) is 0 Å². The average molecular weight is 418 g/mol. The molecule has 6 nitrogen and oxygen atoms in total. The first-order chi connectivity index (χ1) is 13.4. The molecule has 0 saturated carbocycles. The van der Waals surface area contributed by atoms with Gasteiger partial charge in [0.15, 0.2) is 6.61 Å². The molecular weight excluding hydrogens is 402 g/mol. The molecule has 0 atom stereocenters. The van der Waals surface area contributed by atoms with E-state index in [1.807, 2.05) is 35.1 Å². The summed E-state index contributed by atoms with van der Waals surface area (Å²) in [6.45, 7) is -0.453. The highest BCUT2D eigenvalue weighted by Gasteiger charge is 2.17. The fourth-order valence-electron chi connectivity index (χ4n) is 2.23. The number of hydrogen-bond acceptors (Lipinski definition) is 5. The minimum absolute atomic E-state index is 0.0623. The third-order valence-electron chi connectivity index (χ3n) is 3.54. The molecule has 0 aliphatic heterocycles. The Morgan fingerprint density at radius 3 is 2.04 bits per heavy atom. The SMILES string of the molecule is O=C(COc1ccc(Oc2ccccc2)cc1)NS(=O)(=O)c1ccc(Cl)cc1. The molecule has 0 fully saturated rings. The van der Waals surface area contributed by atoms with E-state index in [2.05, 4.69) is 0 Å². The number of hydrogen-bond donors (Lipinski definition) is 1. The van der Waals surface area contributed by atoms with Crippen LogP contribution in [-0.2, 0) is 14.8 Å². The summed E-state index contributed by atoms with van der Waals surface area (Å²) in [4.78, 5) is 11.9. The number of carbonyl (C=O) groups excluding carboxylic acids is 1. The van der Waals surface area contributed by atoms with Crippen LogP contribution in [0.5, 0.6) is 17.2 Å². The second-order valence-electron chi connectivity index (χ2n) is 5.66. The van der Waals surface area contributed by atoms with Crippen molar-refractivity contribution in [1.82, 2.24) is 4.72 Å². The van der Waals surface area contributed by atoms with Crippen molar-refractivity contribution in [2.45, 2.75) is 4.90 Å². The predicted molar refractivity (Wildman–Crippen MR) is 105 cm³/mol. The van der Waals surface area contributed by atoms with Gasteiger partial charge in [-0.1, -0.05) is 29.8 Å². The molecule has 0 bridgehead atoms. The van der Waals surface area contributed by atoms with Crippen LogP contribution in [-0.4, -0.2) is 20.9 Å². The maximum atomic E-state index is 12.1. The zero-order chi connectivity index (χ0) is 20.0. The summed E-state index contributed by atoms with van der Waals surface area (Å²) in [6, 6.07) is 21.4. The van der Waals surface area contributed by atoms with E-state index < -0.39 is 22.5 Å². The van der Waals surface area contributed by atoms with Crippen molar-refractivity contribution in [2.24, 2.45) is 0 Å². The summed E-state index contributed by atoms with van der Waals surface area (Å²) in [7, 11) is -3.98. The minimum Gasteiger partial charge on any atom is -0.484 e. The molecular formula is C20H16ClNO5S. The summed E-state index contributed by atoms with van der Waals surface area (Å²) in [5.74, 6) is 0.912. The summed E-state index contributed by atoms with van der Waals surface area (Å²) in [5.41, 5.74) is 0. The Hall–Kier alpha value is -3.03. The molecule has 0 unspecified atom stereocenters. The van der Waals surface area contributed by atoms with Crippen LogP contribution in [0.2, 0.25) is 5.02 Å². The fraction of sp³-hybridized carbons (Fsp3) is 0.0500. The number of nitrogens with one attached hydrogen (secondary N) is 1. The van der Waals surface area contributed by atoms with E-state index in [4.69, 9.17) is 21.1 Å². The zero-order valence-electron chi connectivity index (χ0n) is 14.5. The molecule has 0 heterocycles. The number of benzene rings is 3. The van der Waals surface area contributed by atoms with Gasteiger partial charge in [-0.25, -0.2) is 13.1 Å². The van der Waals surface area contributed by atoms with Crippen LogP contribution in [0.25, 0.3) is 0 Å². The molecule has 3 aromatic rings. The van der Waals surface area contributed by atoms with Crippen LogP contribution in [0.3, 0.4) is 0 Å². The van der Waals surface area contributed by atoms with Crippen LogP contribution in [0.1, 0.15) is 0 Å². The number of ether oxygens (including phenoxy) is 2. The van der Waals surface area contributed by atoms with Crippen molar-refractivity contribution in [3.63, 3.8) is 0 Å². The van der Waals surface area contributed by atoms with Crippen LogP contribution >= 0.6 is 11.6 Å². The van der Waals surface area contributed by atoms with E-state index >= 15 is 0 Å². The van der Waals surface area contributed by atoms with Crippen molar-refractivity contribution in [1.29, 1.82) is 0 Å². The molecule has 0 aliphatic rings. The summed E-state index contributed by atoms with van der Waals surface area (Å²) < 4.78 is 37.2. The zero-order valence-corrected chi connectivity index (χ0v) is 16.1. The van der Waals surface area contributed by atoms with Gasteiger partial charge in [-0.2, -0.15) is 0 Å². The highest BCUT2D eigenvalue weighted by molar-refractivity contribution is 7.90. The summed E-state index contributed by atoms with van der Waals surface area (Å²) in [6.07, 6.45) is 0. The first-order valence-corrected chi connectivity index (χ1v) is 10.1. The Labute approximate surface area is 167 Å². The number of sulfonamides is 1. The first-order valence-electron chi connectivity index (χ1n) is 8.19. The predicted octanol–water partition coefficient (Wildman–Crippen LogP) is 4.02. The number of amides is 1. The molecule has 0 aromatic heterocycles. The van der Waals surface area contributed by atoms with Crippen LogP contribution in [0, 0.1) is 0 Å². The largest absolute Gasteiger partial charge is 0.484 e. The smallest absolute Gasteiger partial charge is 0.271 e. The van der Waals surface area contributed by atoms with Gasteiger partial charge in [-0.15, -0.1) is 0 Å². The average Bonchev–Trinajstić information content (AvgIpc) is 2.68. The Morgan fingerprint density at radius 2 is 1.39 bits per heavy atom. The normalized spacial score (nSPS) is 10.9. The first kappa shape index (κ1) is 19.7. The van der Waals surface area contributed by atoms with Crippen LogP contribution < -0.4 is 14.2 Å². The van der Waals surface area contributed by atoms with Gasteiger partial charge in [0.05, 0.1) is 4.90 Å². The highest BCUT2D eigenvalue weighted by atomic mass is 35.5. The maximum absolute atomic E-state index is 12.1. The monoisotopic (exact) mass is 417 g/mol. The summed E-state index contributed by atoms with van der Waals surface area (Å²) in [5, 5.41) is 0.397. The van der Waals surface area contributed by atoms with Gasteiger partial charge >= 0.3 is 0 Å². The lowest BCUT2D eigenvalue weighted by atomic mass is 10.3. The standard InChI is InChI=1S/C20H16ClNO5S/c21-15-6-12-19(13-7-15)28(24,25)22-20(23)14-26-16-8-10-18(11-9-16)27-17-4-2-1-3-5-17/h1-13H,14H2,(H,22,23). The van der Waals surface area contributed by atoms with Crippen molar-refractivity contribution < 1.29 is 22.7 Å². The van der Waals surface area contributed by atoms with E-state index in [0.29, 0.717) is 22.3 Å².